The minimum absolute atomic E-state index is 0.572. The summed E-state index contributed by atoms with van der Waals surface area (Å²) in [6.07, 6.45) is 6.55. The number of nitrogens with zero attached hydrogens (tertiary/aromatic N) is 2. The molecule has 0 amide bonds. The monoisotopic (exact) mass is 249 g/mol. The normalized spacial score (nSPS) is 19.2. The average Bonchev–Trinajstić information content (AvgIpc) is 2.85. The molecule has 0 saturated carbocycles. The van der Waals surface area contributed by atoms with E-state index in [1.807, 2.05) is 25.3 Å². The van der Waals surface area contributed by atoms with Gasteiger partial charge < -0.3 is 15.4 Å². The zero-order chi connectivity index (χ0) is 12.8. The van der Waals surface area contributed by atoms with Crippen LogP contribution >= 0.6 is 0 Å². The van der Waals surface area contributed by atoms with E-state index in [9.17, 15) is 0 Å². The lowest BCUT2D eigenvalue weighted by Gasteiger charge is -2.27. The molecule has 1 unspecified atom stereocenters. The van der Waals surface area contributed by atoms with Crippen molar-refractivity contribution in [1.82, 2.24) is 4.98 Å². The second-order valence-corrected chi connectivity index (χ2v) is 4.68. The van der Waals surface area contributed by atoms with Crippen molar-refractivity contribution in [2.75, 3.05) is 24.6 Å². The van der Waals surface area contributed by atoms with Gasteiger partial charge in [0.15, 0.2) is 11.6 Å². The first-order valence-electron chi connectivity index (χ1n) is 6.91. The van der Waals surface area contributed by atoms with Crippen LogP contribution in [0.2, 0.25) is 0 Å². The molecule has 2 rings (SSSR count). The molecule has 1 aromatic rings. The quantitative estimate of drug-likeness (QED) is 0.839. The summed E-state index contributed by atoms with van der Waals surface area (Å²) in [6, 6.07) is 4.51. The van der Waals surface area contributed by atoms with Crippen LogP contribution in [-0.4, -0.2) is 30.7 Å². The van der Waals surface area contributed by atoms with Gasteiger partial charge in [0, 0.05) is 18.8 Å². The van der Waals surface area contributed by atoms with Gasteiger partial charge in [-0.15, -0.1) is 0 Å². The van der Waals surface area contributed by atoms with Gasteiger partial charge in [-0.1, -0.05) is 0 Å². The van der Waals surface area contributed by atoms with Gasteiger partial charge in [-0.05, 0) is 51.3 Å². The molecule has 0 aromatic carbocycles. The van der Waals surface area contributed by atoms with Crippen LogP contribution in [0.4, 0.5) is 5.82 Å². The van der Waals surface area contributed by atoms with Gasteiger partial charge in [0.25, 0.3) is 0 Å². The number of hydrogen-bond acceptors (Lipinski definition) is 4. The number of anilines is 1. The molecule has 0 spiro atoms. The topological polar surface area (TPSA) is 51.4 Å². The molecule has 100 valence electrons. The van der Waals surface area contributed by atoms with Gasteiger partial charge in [0.05, 0.1) is 6.61 Å². The van der Waals surface area contributed by atoms with E-state index in [-0.39, 0.29) is 0 Å². The Morgan fingerprint density at radius 1 is 1.56 bits per heavy atom. The fourth-order valence-corrected chi connectivity index (χ4v) is 2.63. The van der Waals surface area contributed by atoms with Crippen molar-refractivity contribution in [3.63, 3.8) is 0 Å². The van der Waals surface area contributed by atoms with Crippen molar-refractivity contribution < 1.29 is 4.74 Å². The van der Waals surface area contributed by atoms with Crippen LogP contribution in [0.25, 0.3) is 0 Å². The van der Waals surface area contributed by atoms with Crippen LogP contribution in [0.15, 0.2) is 18.3 Å². The van der Waals surface area contributed by atoms with Crippen LogP contribution in [0, 0.1) is 0 Å². The number of ether oxygens (including phenoxy) is 1. The Morgan fingerprint density at radius 3 is 3.22 bits per heavy atom. The molecule has 2 heterocycles. The maximum absolute atomic E-state index is 5.67. The SMILES string of the molecule is CCOc1cccnc1N1CCCC1CCCN. The van der Waals surface area contributed by atoms with E-state index >= 15 is 0 Å². The molecule has 1 fully saturated rings. The largest absolute Gasteiger partial charge is 0.490 e. The van der Waals surface area contributed by atoms with Crippen molar-refractivity contribution in [3.8, 4) is 5.75 Å². The fourth-order valence-electron chi connectivity index (χ4n) is 2.63. The third-order valence-electron chi connectivity index (χ3n) is 3.44. The average molecular weight is 249 g/mol. The number of nitrogens with two attached hydrogens (primary N) is 1. The second-order valence-electron chi connectivity index (χ2n) is 4.68. The van der Waals surface area contributed by atoms with E-state index in [0.29, 0.717) is 12.6 Å². The maximum atomic E-state index is 5.67. The first kappa shape index (κ1) is 13.1. The predicted octanol–water partition coefficient (Wildman–Crippen LogP) is 2.19. The first-order valence-corrected chi connectivity index (χ1v) is 6.91. The van der Waals surface area contributed by atoms with Crippen LogP contribution < -0.4 is 15.4 Å². The highest BCUT2D eigenvalue weighted by Crippen LogP contribution is 2.32. The van der Waals surface area contributed by atoms with Crippen molar-refractivity contribution in [2.24, 2.45) is 5.73 Å². The molecule has 1 aliphatic rings. The Morgan fingerprint density at radius 2 is 2.44 bits per heavy atom. The highest BCUT2D eigenvalue weighted by atomic mass is 16.5. The molecule has 4 heteroatoms. The molecule has 1 atom stereocenters. The highest BCUT2D eigenvalue weighted by molar-refractivity contribution is 5.53. The third kappa shape index (κ3) is 2.93. The number of aromatic nitrogens is 1. The van der Waals surface area contributed by atoms with Gasteiger partial charge in [-0.25, -0.2) is 4.98 Å². The van der Waals surface area contributed by atoms with Gasteiger partial charge in [-0.2, -0.15) is 0 Å². The van der Waals surface area contributed by atoms with Gasteiger partial charge in [0.2, 0.25) is 0 Å². The standard InChI is InChI=1S/C14H23N3O/c1-2-18-13-8-4-10-16-14(13)17-11-5-7-12(17)6-3-9-15/h4,8,10,12H,2-3,5-7,9,11,15H2,1H3. The van der Waals surface area contributed by atoms with Gasteiger partial charge in [-0.3, -0.25) is 0 Å². The van der Waals surface area contributed by atoms with E-state index in [2.05, 4.69) is 9.88 Å². The third-order valence-corrected chi connectivity index (χ3v) is 3.44. The molecule has 18 heavy (non-hydrogen) atoms. The van der Waals surface area contributed by atoms with E-state index < -0.39 is 0 Å². The van der Waals surface area contributed by atoms with E-state index in [0.717, 1.165) is 37.5 Å². The zero-order valence-electron chi connectivity index (χ0n) is 11.1. The Balaban J connectivity index is 2.13. The molecule has 0 aliphatic carbocycles. The summed E-state index contributed by atoms with van der Waals surface area (Å²) in [6.45, 7) is 4.53. The van der Waals surface area contributed by atoms with Crippen LogP contribution in [-0.2, 0) is 0 Å². The molecular formula is C14H23N3O. The van der Waals surface area contributed by atoms with Crippen molar-refractivity contribution in [1.29, 1.82) is 0 Å². The highest BCUT2D eigenvalue weighted by Gasteiger charge is 2.27. The van der Waals surface area contributed by atoms with Crippen molar-refractivity contribution >= 4 is 5.82 Å². The second kappa shape index (κ2) is 6.59. The summed E-state index contributed by atoms with van der Waals surface area (Å²) in [5.74, 6) is 1.90. The van der Waals surface area contributed by atoms with Crippen molar-refractivity contribution in [3.05, 3.63) is 18.3 Å². The lowest BCUT2D eigenvalue weighted by Crippen LogP contribution is -2.30. The Kier molecular flexibility index (Phi) is 4.81. The van der Waals surface area contributed by atoms with E-state index in [1.165, 1.54) is 12.8 Å². The van der Waals surface area contributed by atoms with Crippen molar-refractivity contribution in [2.45, 2.75) is 38.6 Å². The maximum Gasteiger partial charge on any atom is 0.171 e. The molecule has 0 bridgehead atoms. The molecule has 1 aromatic heterocycles. The van der Waals surface area contributed by atoms with Crippen LogP contribution in [0.1, 0.15) is 32.6 Å². The smallest absolute Gasteiger partial charge is 0.171 e. The Hall–Kier alpha value is -1.29. The molecular weight excluding hydrogens is 226 g/mol. The molecule has 1 aliphatic heterocycles. The summed E-state index contributed by atoms with van der Waals surface area (Å²) in [5, 5.41) is 0. The lowest BCUT2D eigenvalue weighted by molar-refractivity contribution is 0.338. The zero-order valence-corrected chi connectivity index (χ0v) is 11.1. The summed E-state index contributed by atoms with van der Waals surface area (Å²) >= 11 is 0. The van der Waals surface area contributed by atoms with Crippen LogP contribution in [0.5, 0.6) is 5.75 Å². The van der Waals surface area contributed by atoms with E-state index in [4.69, 9.17) is 10.5 Å². The molecule has 4 nitrogen and oxygen atoms in total. The minimum Gasteiger partial charge on any atom is -0.490 e. The fraction of sp³-hybridized carbons (Fsp3) is 0.643. The lowest BCUT2D eigenvalue weighted by atomic mass is 10.1. The Bertz CT molecular complexity index is 370. The minimum atomic E-state index is 0.572. The summed E-state index contributed by atoms with van der Waals surface area (Å²) in [4.78, 5) is 6.90. The Labute approximate surface area is 109 Å². The summed E-state index contributed by atoms with van der Waals surface area (Å²) < 4.78 is 5.67. The van der Waals surface area contributed by atoms with Crippen LogP contribution in [0.3, 0.4) is 0 Å². The molecule has 1 saturated heterocycles. The summed E-state index contributed by atoms with van der Waals surface area (Å²) in [7, 11) is 0. The molecule has 0 radical (unpaired) electrons. The van der Waals surface area contributed by atoms with E-state index in [1.54, 1.807) is 0 Å². The van der Waals surface area contributed by atoms with Gasteiger partial charge >= 0.3 is 0 Å². The van der Waals surface area contributed by atoms with Gasteiger partial charge in [0.1, 0.15) is 0 Å². The first-order chi connectivity index (χ1) is 8.86. The number of hydrogen-bond donors (Lipinski definition) is 1. The number of rotatable bonds is 6. The number of pyridine rings is 1. The summed E-state index contributed by atoms with van der Waals surface area (Å²) in [5.41, 5.74) is 5.61. The molecule has 2 N–H and O–H groups in total. The predicted molar refractivity (Wildman–Crippen MR) is 74.1 cm³/mol.